The largest absolute Gasteiger partial charge is 0.277 e. The summed E-state index contributed by atoms with van der Waals surface area (Å²) in [4.78, 5) is 8.58. The zero-order valence-corrected chi connectivity index (χ0v) is 7.25. The minimum atomic E-state index is 0.620. The molecule has 0 bridgehead atoms. The summed E-state index contributed by atoms with van der Waals surface area (Å²) < 4.78 is 0. The predicted octanol–water partition coefficient (Wildman–Crippen LogP) is 1.70. The fourth-order valence-electron chi connectivity index (χ4n) is 1.01. The summed E-state index contributed by atoms with van der Waals surface area (Å²) in [5.74, 6) is 0. The van der Waals surface area contributed by atoms with Crippen LogP contribution in [0, 0.1) is 6.57 Å². The van der Waals surface area contributed by atoms with Crippen LogP contribution in [0.2, 0.25) is 0 Å². The van der Waals surface area contributed by atoms with Gasteiger partial charge in [-0.05, 0) is 12.1 Å². The first-order valence-electron chi connectivity index (χ1n) is 3.97. The van der Waals surface area contributed by atoms with E-state index in [2.05, 4.69) is 20.4 Å². The molecule has 5 heteroatoms. The molecule has 14 heavy (non-hydrogen) atoms. The molecule has 0 amide bonds. The number of nitrogens with zero attached hydrogens (tertiary/aromatic N) is 4. The van der Waals surface area contributed by atoms with E-state index >= 15 is 0 Å². The molecule has 68 valence electrons. The van der Waals surface area contributed by atoms with E-state index in [0.29, 0.717) is 5.69 Å². The summed E-state index contributed by atoms with van der Waals surface area (Å²) in [6.45, 7) is 6.79. The molecule has 0 aliphatic carbocycles. The number of benzene rings is 1. The molecule has 0 fully saturated rings. The lowest BCUT2D eigenvalue weighted by Gasteiger charge is -2.03. The Kier molecular flexibility index (Phi) is 2.11. The van der Waals surface area contributed by atoms with Crippen LogP contribution in [0.25, 0.3) is 4.85 Å². The van der Waals surface area contributed by atoms with Gasteiger partial charge in [-0.15, -0.1) is 5.10 Å². The monoisotopic (exact) mass is 185 g/mol. The van der Waals surface area contributed by atoms with Crippen molar-refractivity contribution in [2.45, 2.75) is 0 Å². The Morgan fingerprint density at radius 3 is 2.64 bits per heavy atom. The molecule has 1 aromatic heterocycles. The highest BCUT2D eigenvalue weighted by Gasteiger charge is 1.93. The van der Waals surface area contributed by atoms with E-state index in [1.54, 1.807) is 18.5 Å². The van der Waals surface area contributed by atoms with Crippen LogP contribution >= 0.6 is 0 Å². The number of hydrogen-bond donors (Lipinski definition) is 1. The zero-order chi connectivity index (χ0) is 9.80. The van der Waals surface area contributed by atoms with Crippen LogP contribution < -0.4 is 5.43 Å². The molecule has 2 aromatic rings. The van der Waals surface area contributed by atoms with Crippen molar-refractivity contribution in [2.24, 2.45) is 0 Å². The third kappa shape index (κ3) is 1.69. The molecule has 1 N–H and O–H groups in total. The predicted molar refractivity (Wildman–Crippen MR) is 51.7 cm³/mol. The lowest BCUT2D eigenvalue weighted by molar-refractivity contribution is 0.802. The summed E-state index contributed by atoms with van der Waals surface area (Å²) in [6, 6.07) is 7.11. The molecule has 0 radical (unpaired) electrons. The first-order valence-corrected chi connectivity index (χ1v) is 3.97. The molecule has 5 nitrogen and oxygen atoms in total. The van der Waals surface area contributed by atoms with Gasteiger partial charge in [0.15, 0.2) is 5.69 Å². The maximum Gasteiger partial charge on any atom is 0.187 e. The van der Waals surface area contributed by atoms with Crippen LogP contribution in [-0.2, 0) is 0 Å². The summed E-state index contributed by atoms with van der Waals surface area (Å²) in [5.41, 5.74) is 4.46. The molecular formula is C9H7N5. The van der Waals surface area contributed by atoms with Gasteiger partial charge in [0.2, 0.25) is 0 Å². The molecular weight excluding hydrogens is 178 g/mol. The van der Waals surface area contributed by atoms with Gasteiger partial charge < -0.3 is 0 Å². The van der Waals surface area contributed by atoms with Crippen molar-refractivity contribution < 1.29 is 0 Å². The fraction of sp³-hybridized carbons (Fsp3) is 0. The van der Waals surface area contributed by atoms with Gasteiger partial charge in [-0.1, -0.05) is 12.1 Å². The Bertz CT molecular complexity index is 437. The van der Waals surface area contributed by atoms with Gasteiger partial charge in [-0.2, -0.15) is 4.79 Å². The molecule has 0 unspecified atom stereocenters. The van der Waals surface area contributed by atoms with Gasteiger partial charge in [-0.3, -0.25) is 5.43 Å². The molecule has 1 heterocycles. The summed E-state index contributed by atoms with van der Waals surface area (Å²) >= 11 is 0. The number of rotatable bonds is 2. The lowest BCUT2D eigenvalue weighted by atomic mass is 10.3. The highest BCUT2D eigenvalue weighted by molar-refractivity contribution is 5.53. The molecule has 2 rings (SSSR count). The quantitative estimate of drug-likeness (QED) is 0.724. The molecule has 0 saturated carbocycles. The number of nitrogens with one attached hydrogen (secondary N) is 1. The van der Waals surface area contributed by atoms with E-state index < -0.39 is 0 Å². The SMILES string of the molecule is [C-]#[N+]c1ccc(Nn2cncn2)cc1. The minimum absolute atomic E-state index is 0.620. The van der Waals surface area contributed by atoms with E-state index in [1.165, 1.54) is 11.1 Å². The van der Waals surface area contributed by atoms with Crippen molar-refractivity contribution in [2.75, 3.05) is 5.43 Å². The Morgan fingerprint density at radius 2 is 2.07 bits per heavy atom. The van der Waals surface area contributed by atoms with E-state index in [-0.39, 0.29) is 0 Å². The van der Waals surface area contributed by atoms with Crippen LogP contribution in [0.4, 0.5) is 11.4 Å². The first-order chi connectivity index (χ1) is 6.88. The molecule has 1 aromatic carbocycles. The van der Waals surface area contributed by atoms with Gasteiger partial charge >= 0.3 is 0 Å². The number of hydrogen-bond acceptors (Lipinski definition) is 3. The average Bonchev–Trinajstić information content (AvgIpc) is 2.72. The Labute approximate surface area is 80.8 Å². The second-order valence-electron chi connectivity index (χ2n) is 2.61. The van der Waals surface area contributed by atoms with E-state index in [1.807, 2.05) is 12.1 Å². The topological polar surface area (TPSA) is 47.1 Å². The average molecular weight is 185 g/mol. The van der Waals surface area contributed by atoms with Gasteiger partial charge in [0.1, 0.15) is 12.7 Å². The summed E-state index contributed by atoms with van der Waals surface area (Å²) in [7, 11) is 0. The van der Waals surface area contributed by atoms with E-state index in [0.717, 1.165) is 5.69 Å². The van der Waals surface area contributed by atoms with Crippen LogP contribution in [-0.4, -0.2) is 14.9 Å². The van der Waals surface area contributed by atoms with Gasteiger partial charge in [-0.25, -0.2) is 9.83 Å². The molecule has 0 atom stereocenters. The molecule has 0 spiro atoms. The first kappa shape index (κ1) is 8.26. The van der Waals surface area contributed by atoms with Gasteiger partial charge in [0.05, 0.1) is 12.3 Å². The summed E-state index contributed by atoms with van der Waals surface area (Å²) in [6.07, 6.45) is 3.00. The Hall–Kier alpha value is -2.35. The maximum atomic E-state index is 6.79. The highest BCUT2D eigenvalue weighted by Crippen LogP contribution is 2.15. The van der Waals surface area contributed by atoms with Crippen molar-refractivity contribution in [3.05, 3.63) is 48.3 Å². The normalized spacial score (nSPS) is 9.36. The third-order valence-corrected chi connectivity index (χ3v) is 1.66. The second kappa shape index (κ2) is 3.58. The minimum Gasteiger partial charge on any atom is -0.277 e. The third-order valence-electron chi connectivity index (χ3n) is 1.66. The standard InChI is InChI=1S/C9H7N5/c1-10-8-2-4-9(5-3-8)13-14-7-11-6-12-14/h2-7,13H. The van der Waals surface area contributed by atoms with Crippen LogP contribution in [0.5, 0.6) is 0 Å². The van der Waals surface area contributed by atoms with Crippen LogP contribution in [0.15, 0.2) is 36.9 Å². The van der Waals surface area contributed by atoms with Crippen molar-refractivity contribution in [1.29, 1.82) is 0 Å². The smallest absolute Gasteiger partial charge is 0.187 e. The van der Waals surface area contributed by atoms with Gasteiger partial charge in [0.25, 0.3) is 0 Å². The van der Waals surface area contributed by atoms with Crippen molar-refractivity contribution in [3.63, 3.8) is 0 Å². The highest BCUT2D eigenvalue weighted by atomic mass is 15.6. The molecule has 0 aliphatic rings. The molecule has 0 saturated heterocycles. The zero-order valence-electron chi connectivity index (χ0n) is 7.25. The van der Waals surface area contributed by atoms with Crippen molar-refractivity contribution in [1.82, 2.24) is 14.9 Å². The van der Waals surface area contributed by atoms with E-state index in [4.69, 9.17) is 6.57 Å². The van der Waals surface area contributed by atoms with Crippen LogP contribution in [0.1, 0.15) is 0 Å². The number of aromatic nitrogens is 3. The van der Waals surface area contributed by atoms with Crippen LogP contribution in [0.3, 0.4) is 0 Å². The maximum absolute atomic E-state index is 6.79. The van der Waals surface area contributed by atoms with E-state index in [9.17, 15) is 0 Å². The second-order valence-corrected chi connectivity index (χ2v) is 2.61. The molecule has 0 aliphatic heterocycles. The fourth-order valence-corrected chi connectivity index (χ4v) is 1.01. The summed E-state index contributed by atoms with van der Waals surface area (Å²) in [5, 5.41) is 3.89. The van der Waals surface area contributed by atoms with Gasteiger partial charge in [0, 0.05) is 0 Å². The lowest BCUT2D eigenvalue weighted by Crippen LogP contribution is -2.08. The Balaban J connectivity index is 2.15. The van der Waals surface area contributed by atoms with Crippen molar-refractivity contribution >= 4 is 11.4 Å². The number of anilines is 1. The van der Waals surface area contributed by atoms with Crippen molar-refractivity contribution in [3.8, 4) is 0 Å². The Morgan fingerprint density at radius 1 is 1.29 bits per heavy atom.